The predicted molar refractivity (Wildman–Crippen MR) is 219 cm³/mol. The number of thiophene rings is 1. The summed E-state index contributed by atoms with van der Waals surface area (Å²) in [7, 11) is 0. The first-order valence-corrected chi connectivity index (χ1v) is 17.0. The minimum absolute atomic E-state index is 0.159. The van der Waals surface area contributed by atoms with Gasteiger partial charge in [0.2, 0.25) is 0 Å². The summed E-state index contributed by atoms with van der Waals surface area (Å²) in [6.45, 7) is 0. The first kappa shape index (κ1) is 18.5. The van der Waals surface area contributed by atoms with E-state index in [0.29, 0.717) is 16.8 Å². The number of rotatable bonds is 6. The fraction of sp³-hybridized carbons (Fsp3) is 0. The molecule has 0 saturated carbocycles. The van der Waals surface area contributed by atoms with Crippen molar-refractivity contribution in [3.8, 4) is 27.9 Å². The number of benzene rings is 8. The summed E-state index contributed by atoms with van der Waals surface area (Å²) < 4.78 is 129. The van der Waals surface area contributed by atoms with E-state index < -0.39 is 107 Å². The Labute approximate surface area is 320 Å². The zero-order valence-corrected chi connectivity index (χ0v) is 27.5. The molecule has 2 heterocycles. The normalized spacial score (nSPS) is 15.4. The number of fused-ring (bicyclic) bond motifs is 6. The molecule has 3 heteroatoms. The summed E-state index contributed by atoms with van der Waals surface area (Å²) in [6, 6.07) is 24.9. The Hall–Kier alpha value is -6.42. The van der Waals surface area contributed by atoms with Gasteiger partial charge in [0.05, 0.1) is 41.6 Å². The van der Waals surface area contributed by atoms with Crippen molar-refractivity contribution in [3.05, 3.63) is 194 Å². The molecular formula is C48H32N2S. The Morgan fingerprint density at radius 3 is 1.76 bits per heavy atom. The van der Waals surface area contributed by atoms with E-state index in [1.807, 2.05) is 103 Å². The van der Waals surface area contributed by atoms with Crippen LogP contribution in [0.5, 0.6) is 0 Å². The van der Waals surface area contributed by atoms with Gasteiger partial charge in [0, 0.05) is 53.4 Å². The number of anilines is 3. The van der Waals surface area contributed by atoms with Gasteiger partial charge in [-0.05, 0) is 65.6 Å². The van der Waals surface area contributed by atoms with Crippen LogP contribution in [0.2, 0.25) is 0 Å². The molecule has 8 aromatic carbocycles. The van der Waals surface area contributed by atoms with E-state index in [1.54, 1.807) is 6.07 Å². The Morgan fingerprint density at radius 2 is 1.04 bits per heavy atom. The van der Waals surface area contributed by atoms with E-state index in [9.17, 15) is 8.22 Å². The van der Waals surface area contributed by atoms with Crippen LogP contribution in [0, 0.1) is 0 Å². The quantitative estimate of drug-likeness (QED) is 0.169. The van der Waals surface area contributed by atoms with Crippen LogP contribution in [0.1, 0.15) is 19.2 Å². The second-order valence-electron chi connectivity index (χ2n) is 11.9. The lowest BCUT2D eigenvalue weighted by Crippen LogP contribution is -2.11. The van der Waals surface area contributed by atoms with Crippen molar-refractivity contribution in [1.29, 1.82) is 0 Å². The van der Waals surface area contributed by atoms with Crippen LogP contribution in [-0.2, 0) is 0 Å². The molecular weight excluding hydrogens is 637 g/mol. The van der Waals surface area contributed by atoms with Crippen LogP contribution >= 0.6 is 11.3 Å². The molecule has 10 aromatic rings. The molecule has 0 fully saturated rings. The smallest absolute Gasteiger partial charge is 0.0645 e. The molecule has 51 heavy (non-hydrogen) atoms. The fourth-order valence-electron chi connectivity index (χ4n) is 6.91. The van der Waals surface area contributed by atoms with Gasteiger partial charge in [-0.1, -0.05) is 139 Å². The third-order valence-electron chi connectivity index (χ3n) is 9.06. The summed E-state index contributed by atoms with van der Waals surface area (Å²) >= 11 is 1.46. The van der Waals surface area contributed by atoms with Gasteiger partial charge in [0.1, 0.15) is 0 Å². The number of hydrogen-bond acceptors (Lipinski definition) is 2. The van der Waals surface area contributed by atoms with E-state index in [0.717, 1.165) is 42.0 Å². The van der Waals surface area contributed by atoms with E-state index in [1.165, 1.54) is 16.2 Å². The largest absolute Gasteiger partial charge is 0.310 e. The number of hydrogen-bond donors (Lipinski definition) is 0. The Balaban J connectivity index is 1.39. The maximum Gasteiger partial charge on any atom is 0.0645 e. The highest BCUT2D eigenvalue weighted by Crippen LogP contribution is 2.50. The molecule has 240 valence electrons. The van der Waals surface area contributed by atoms with Crippen LogP contribution in [0.4, 0.5) is 17.1 Å². The van der Waals surface area contributed by atoms with Crippen LogP contribution in [-0.4, -0.2) is 4.57 Å². The SMILES string of the molecule is [2H]c1c([2H])c([2H])c(-c2c([2H])c([2H])c(N(c3ccc4c(sc5ccccc54)c3-c3ccccc3-n3c4ccccc4c4ccccc43)c3c([2H])c([2H])c([2H])c([2H])c3[2H])c([2H])c2[2H])c([2H])c1[2H]. The van der Waals surface area contributed by atoms with E-state index in [4.69, 9.17) is 11.0 Å². The number of aromatic nitrogens is 1. The van der Waals surface area contributed by atoms with Crippen LogP contribution in [0.15, 0.2) is 194 Å². The maximum atomic E-state index is 9.66. The van der Waals surface area contributed by atoms with Crippen LogP contribution < -0.4 is 4.90 Å². The molecule has 0 N–H and O–H groups in total. The van der Waals surface area contributed by atoms with Crippen molar-refractivity contribution in [2.45, 2.75) is 0 Å². The molecule has 2 aromatic heterocycles. The van der Waals surface area contributed by atoms with E-state index in [-0.39, 0.29) is 5.69 Å². The summed E-state index contributed by atoms with van der Waals surface area (Å²) in [5, 5.41) is 3.76. The molecule has 0 aliphatic rings. The van der Waals surface area contributed by atoms with Crippen molar-refractivity contribution in [1.82, 2.24) is 4.57 Å². The molecule has 0 saturated heterocycles. The lowest BCUT2D eigenvalue weighted by Gasteiger charge is -2.29. The lowest BCUT2D eigenvalue weighted by molar-refractivity contribution is 1.18. The monoisotopic (exact) mass is 682 g/mol. The van der Waals surface area contributed by atoms with E-state index in [2.05, 4.69) is 4.57 Å². The van der Waals surface area contributed by atoms with E-state index >= 15 is 0 Å². The molecule has 0 radical (unpaired) electrons. The minimum atomic E-state index is -0.771. The highest BCUT2D eigenvalue weighted by molar-refractivity contribution is 7.26. The molecule has 0 aliphatic heterocycles. The highest BCUT2D eigenvalue weighted by Gasteiger charge is 2.24. The molecule has 0 atom stereocenters. The van der Waals surface area contributed by atoms with Gasteiger partial charge in [-0.25, -0.2) is 0 Å². The topological polar surface area (TPSA) is 8.17 Å². The van der Waals surface area contributed by atoms with Gasteiger partial charge in [0.25, 0.3) is 0 Å². The van der Waals surface area contributed by atoms with Crippen molar-refractivity contribution >= 4 is 70.4 Å². The van der Waals surface area contributed by atoms with Crippen molar-refractivity contribution < 1.29 is 19.2 Å². The zero-order chi connectivity index (χ0) is 45.9. The molecule has 0 bridgehead atoms. The van der Waals surface area contributed by atoms with Crippen LogP contribution in [0.25, 0.3) is 69.9 Å². The molecule has 0 amide bonds. The van der Waals surface area contributed by atoms with Gasteiger partial charge in [-0.15, -0.1) is 11.3 Å². The summed E-state index contributed by atoms with van der Waals surface area (Å²) in [6.07, 6.45) is 0. The molecule has 0 aliphatic carbocycles. The molecule has 2 nitrogen and oxygen atoms in total. The minimum Gasteiger partial charge on any atom is -0.310 e. The standard InChI is InChI=1S/C48H32N2S/c1-3-15-33(16-4-1)34-27-29-36(30-28-34)49(35-17-5-2-6-18-35)45-32-31-40-39-21-10-14-26-46(39)51-48(40)47(45)41-22-9-13-25-44(41)50-42-23-11-7-19-37(42)38-20-8-12-24-43(38)50/h1-32H/i1D,2D,3D,4D,5D,6D,15D,16D,17D,18D,27D,28D,29D,30D. The zero-order valence-electron chi connectivity index (χ0n) is 40.7. The Morgan fingerprint density at radius 1 is 0.471 bits per heavy atom. The average Bonchev–Trinajstić information content (AvgIpc) is 3.87. The highest BCUT2D eigenvalue weighted by atomic mass is 32.1. The predicted octanol–water partition coefficient (Wildman–Crippen LogP) is 14.0. The summed E-state index contributed by atoms with van der Waals surface area (Å²) in [4.78, 5) is 1.19. The van der Waals surface area contributed by atoms with Crippen molar-refractivity contribution in [2.24, 2.45) is 0 Å². The lowest BCUT2D eigenvalue weighted by atomic mass is 9.97. The average molecular weight is 683 g/mol. The second kappa shape index (κ2) is 12.2. The van der Waals surface area contributed by atoms with Gasteiger partial charge >= 0.3 is 0 Å². The van der Waals surface area contributed by atoms with Gasteiger partial charge in [0.15, 0.2) is 0 Å². The maximum absolute atomic E-state index is 9.66. The number of para-hydroxylation sites is 4. The Kier molecular flexibility index (Phi) is 4.42. The van der Waals surface area contributed by atoms with Crippen molar-refractivity contribution in [2.75, 3.05) is 4.90 Å². The number of nitrogens with zero attached hydrogens (tertiary/aromatic N) is 2. The second-order valence-corrected chi connectivity index (χ2v) is 12.9. The molecule has 10 rings (SSSR count). The summed E-state index contributed by atoms with van der Waals surface area (Å²) in [5.41, 5.74) is 1.76. The van der Waals surface area contributed by atoms with Crippen molar-refractivity contribution in [3.63, 3.8) is 0 Å². The van der Waals surface area contributed by atoms with Gasteiger partial charge in [-0.2, -0.15) is 0 Å². The third kappa shape index (κ3) is 4.85. The van der Waals surface area contributed by atoms with Crippen LogP contribution in [0.3, 0.4) is 0 Å². The summed E-state index contributed by atoms with van der Waals surface area (Å²) in [5.74, 6) is 0. The van der Waals surface area contributed by atoms with Gasteiger partial charge < -0.3 is 9.47 Å². The third-order valence-corrected chi connectivity index (χ3v) is 10.3. The first-order chi connectivity index (χ1) is 31.1. The molecule has 0 spiro atoms. The molecule has 0 unspecified atom stereocenters. The fourth-order valence-corrected chi connectivity index (χ4v) is 8.17. The first-order valence-electron chi connectivity index (χ1n) is 23.2. The Bertz CT molecular complexity index is 3550. The van der Waals surface area contributed by atoms with Gasteiger partial charge in [-0.3, -0.25) is 0 Å².